The third kappa shape index (κ3) is 2.92. The summed E-state index contributed by atoms with van der Waals surface area (Å²) in [7, 11) is 0. The van der Waals surface area contributed by atoms with Gasteiger partial charge in [0.15, 0.2) is 0 Å². The normalized spacial score (nSPS) is 18.6. The first kappa shape index (κ1) is 14.8. The zero-order chi connectivity index (χ0) is 14.9. The second-order valence-electron chi connectivity index (χ2n) is 5.91. The molecule has 1 aliphatic carbocycles. The highest BCUT2D eigenvalue weighted by Crippen LogP contribution is 2.40. The molecule has 0 amide bonds. The lowest BCUT2D eigenvalue weighted by Gasteiger charge is -2.24. The fourth-order valence-electron chi connectivity index (χ4n) is 2.96. The summed E-state index contributed by atoms with van der Waals surface area (Å²) in [6.07, 6.45) is 5.59. The Morgan fingerprint density at radius 3 is 2.65 bits per heavy atom. The molecule has 0 saturated carbocycles. The first-order chi connectivity index (χ1) is 9.40. The van der Waals surface area contributed by atoms with Gasteiger partial charge in [-0.15, -0.1) is 0 Å². The molecule has 1 aromatic carbocycles. The van der Waals surface area contributed by atoms with E-state index in [1.54, 1.807) is 6.07 Å². The Bertz CT molecular complexity index is 581. The van der Waals surface area contributed by atoms with E-state index in [9.17, 15) is 4.39 Å². The van der Waals surface area contributed by atoms with Crippen molar-refractivity contribution in [2.24, 2.45) is 4.99 Å². The van der Waals surface area contributed by atoms with Gasteiger partial charge in [-0.3, -0.25) is 4.99 Å². The van der Waals surface area contributed by atoms with Crippen molar-refractivity contribution in [1.82, 2.24) is 0 Å². The lowest BCUT2D eigenvalue weighted by molar-refractivity contribution is 0.601. The average molecular weight is 274 g/mol. The van der Waals surface area contributed by atoms with E-state index >= 15 is 0 Å². The molecule has 0 spiro atoms. The summed E-state index contributed by atoms with van der Waals surface area (Å²) >= 11 is 0. The number of anilines is 1. The van der Waals surface area contributed by atoms with Crippen LogP contribution in [0.15, 0.2) is 22.7 Å². The predicted molar refractivity (Wildman–Crippen MR) is 84.3 cm³/mol. The van der Waals surface area contributed by atoms with Crippen LogP contribution in [0.25, 0.3) is 0 Å². The monoisotopic (exact) mass is 274 g/mol. The summed E-state index contributed by atoms with van der Waals surface area (Å²) in [5.41, 5.74) is 10.7. The van der Waals surface area contributed by atoms with Crippen molar-refractivity contribution in [1.29, 1.82) is 0 Å². The number of allylic oxidation sites excluding steroid dienone is 2. The van der Waals surface area contributed by atoms with Crippen molar-refractivity contribution >= 4 is 17.1 Å². The summed E-state index contributed by atoms with van der Waals surface area (Å²) in [5.74, 6) is -0.0544. The number of hydrogen-bond donors (Lipinski definition) is 1. The summed E-state index contributed by atoms with van der Waals surface area (Å²) in [6.45, 7) is 7.84. The van der Waals surface area contributed by atoms with Crippen LogP contribution in [0.5, 0.6) is 0 Å². The molecule has 2 rings (SSSR count). The van der Waals surface area contributed by atoms with Gasteiger partial charge < -0.3 is 5.73 Å². The largest absolute Gasteiger partial charge is 0.396 e. The topological polar surface area (TPSA) is 38.4 Å². The number of nitrogens with zero attached hydrogens (tertiary/aromatic N) is 1. The molecular weight excluding hydrogens is 251 g/mol. The second kappa shape index (κ2) is 5.78. The van der Waals surface area contributed by atoms with Gasteiger partial charge in [-0.2, -0.15) is 0 Å². The van der Waals surface area contributed by atoms with Gasteiger partial charge >= 0.3 is 0 Å². The lowest BCUT2D eigenvalue weighted by atomic mass is 9.83. The minimum Gasteiger partial charge on any atom is -0.396 e. The fraction of sp³-hybridized carbons (Fsp3) is 0.471. The van der Waals surface area contributed by atoms with Crippen LogP contribution in [-0.2, 0) is 0 Å². The van der Waals surface area contributed by atoms with Crippen molar-refractivity contribution in [2.45, 2.75) is 52.9 Å². The molecule has 1 atom stereocenters. The number of nitrogens with two attached hydrogens (primary N) is 1. The summed E-state index contributed by atoms with van der Waals surface area (Å²) in [5, 5.41) is 0. The maximum Gasteiger partial charge on any atom is 0.149 e. The Balaban J connectivity index is 2.63. The third-order valence-electron chi connectivity index (χ3n) is 3.84. The van der Waals surface area contributed by atoms with Crippen LogP contribution in [0.3, 0.4) is 0 Å². The zero-order valence-electron chi connectivity index (χ0n) is 12.8. The van der Waals surface area contributed by atoms with Crippen molar-refractivity contribution in [3.05, 3.63) is 34.7 Å². The molecule has 2 N–H and O–H groups in total. The molecular formula is C17H23FN2. The molecule has 1 aromatic rings. The third-order valence-corrected chi connectivity index (χ3v) is 3.84. The number of halogens is 1. The Hall–Kier alpha value is -1.64. The van der Waals surface area contributed by atoms with Gasteiger partial charge in [0.2, 0.25) is 0 Å². The Labute approximate surface area is 120 Å². The second-order valence-corrected chi connectivity index (χ2v) is 5.91. The van der Waals surface area contributed by atoms with Crippen LogP contribution in [-0.4, -0.2) is 5.71 Å². The van der Waals surface area contributed by atoms with Crippen LogP contribution in [0, 0.1) is 12.7 Å². The molecule has 0 heterocycles. The van der Waals surface area contributed by atoms with E-state index in [-0.39, 0.29) is 17.4 Å². The average Bonchev–Trinajstić information content (AvgIpc) is 2.35. The molecule has 20 heavy (non-hydrogen) atoms. The van der Waals surface area contributed by atoms with Gasteiger partial charge in [0, 0.05) is 11.6 Å². The quantitative estimate of drug-likeness (QED) is 0.458. The number of aliphatic imine (C=N–C) groups is 1. The minimum atomic E-state index is -0.302. The molecule has 0 aromatic heterocycles. The van der Waals surface area contributed by atoms with Gasteiger partial charge in [0.05, 0.1) is 11.4 Å². The van der Waals surface area contributed by atoms with Crippen LogP contribution in [0.4, 0.5) is 15.8 Å². The molecule has 1 aliphatic rings. The van der Waals surface area contributed by atoms with Crippen molar-refractivity contribution in [3.63, 3.8) is 0 Å². The SMILES string of the molecule is CC1=CC(c2c(N=C(C)C)cc(N)c(F)c2C)CCC1. The molecule has 1 unspecified atom stereocenters. The van der Waals surface area contributed by atoms with Gasteiger partial charge in [0.1, 0.15) is 5.82 Å². The van der Waals surface area contributed by atoms with Crippen molar-refractivity contribution in [2.75, 3.05) is 5.73 Å². The van der Waals surface area contributed by atoms with Gasteiger partial charge in [-0.1, -0.05) is 11.6 Å². The van der Waals surface area contributed by atoms with Gasteiger partial charge in [-0.05, 0) is 64.2 Å². The van der Waals surface area contributed by atoms with Crippen LogP contribution >= 0.6 is 0 Å². The van der Waals surface area contributed by atoms with E-state index in [1.807, 2.05) is 20.8 Å². The molecule has 0 aliphatic heterocycles. The summed E-state index contributed by atoms with van der Waals surface area (Å²) < 4.78 is 14.2. The predicted octanol–water partition coefficient (Wildman–Crippen LogP) is 5.04. The summed E-state index contributed by atoms with van der Waals surface area (Å²) in [6, 6.07) is 1.67. The maximum absolute atomic E-state index is 14.2. The van der Waals surface area contributed by atoms with Gasteiger partial charge in [0.25, 0.3) is 0 Å². The molecule has 0 radical (unpaired) electrons. The first-order valence-electron chi connectivity index (χ1n) is 7.17. The molecule has 108 valence electrons. The van der Waals surface area contributed by atoms with Crippen molar-refractivity contribution in [3.8, 4) is 0 Å². The van der Waals surface area contributed by atoms with E-state index in [4.69, 9.17) is 5.73 Å². The van der Waals surface area contributed by atoms with Crippen molar-refractivity contribution < 1.29 is 4.39 Å². The number of rotatable bonds is 2. The molecule has 2 nitrogen and oxygen atoms in total. The van der Waals surface area contributed by atoms with E-state index < -0.39 is 0 Å². The first-order valence-corrected chi connectivity index (χ1v) is 7.17. The molecule has 0 saturated heterocycles. The Morgan fingerprint density at radius 2 is 2.05 bits per heavy atom. The number of nitrogen functional groups attached to an aromatic ring is 1. The van der Waals surface area contributed by atoms with E-state index in [2.05, 4.69) is 18.0 Å². The standard InChI is InChI=1S/C17H23FN2/c1-10(2)20-15-9-14(19)17(18)12(4)16(15)13-7-5-6-11(3)8-13/h8-9,13H,5-7,19H2,1-4H3. The van der Waals surface area contributed by atoms with Crippen LogP contribution in [0.2, 0.25) is 0 Å². The summed E-state index contributed by atoms with van der Waals surface area (Å²) in [4.78, 5) is 4.56. The highest BCUT2D eigenvalue weighted by atomic mass is 19.1. The highest BCUT2D eigenvalue weighted by Gasteiger charge is 2.22. The Morgan fingerprint density at radius 1 is 1.35 bits per heavy atom. The van der Waals surface area contributed by atoms with Crippen LogP contribution < -0.4 is 5.73 Å². The Kier molecular flexibility index (Phi) is 4.26. The van der Waals surface area contributed by atoms with Gasteiger partial charge in [-0.25, -0.2) is 4.39 Å². The maximum atomic E-state index is 14.2. The minimum absolute atomic E-state index is 0.183. The number of benzene rings is 1. The highest BCUT2D eigenvalue weighted by molar-refractivity contribution is 5.83. The molecule has 3 heteroatoms. The smallest absolute Gasteiger partial charge is 0.149 e. The van der Waals surface area contributed by atoms with E-state index in [1.165, 1.54) is 5.57 Å². The molecule has 0 fully saturated rings. The van der Waals surface area contributed by atoms with E-state index in [0.29, 0.717) is 5.56 Å². The fourth-order valence-corrected chi connectivity index (χ4v) is 2.96. The molecule has 0 bridgehead atoms. The lowest BCUT2D eigenvalue weighted by Crippen LogP contribution is -2.07. The number of hydrogen-bond acceptors (Lipinski definition) is 2. The van der Waals surface area contributed by atoms with E-state index in [0.717, 1.165) is 36.2 Å². The van der Waals surface area contributed by atoms with Crippen LogP contribution in [0.1, 0.15) is 57.1 Å². The zero-order valence-corrected chi connectivity index (χ0v) is 12.8.